The second kappa shape index (κ2) is 9.01. The van der Waals surface area contributed by atoms with Crippen molar-refractivity contribution >= 4 is 35.4 Å². The summed E-state index contributed by atoms with van der Waals surface area (Å²) in [4.78, 5) is 33.6. The van der Waals surface area contributed by atoms with E-state index in [1.54, 1.807) is 18.2 Å². The highest BCUT2D eigenvalue weighted by Gasteiger charge is 2.15. The number of aromatic carboxylic acids is 1. The van der Waals surface area contributed by atoms with E-state index in [1.165, 1.54) is 42.6 Å². The second-order valence-corrected chi connectivity index (χ2v) is 6.46. The lowest BCUT2D eigenvalue weighted by Gasteiger charge is -2.02. The maximum Gasteiger partial charge on any atom is 0.335 e. The summed E-state index contributed by atoms with van der Waals surface area (Å²) in [6.07, 6.45) is 1.03. The molecule has 1 heterocycles. The molecule has 0 atom stereocenters. The van der Waals surface area contributed by atoms with Crippen molar-refractivity contribution < 1.29 is 24.0 Å². The summed E-state index contributed by atoms with van der Waals surface area (Å²) in [5.41, 5.74) is 2.85. The number of nitro benzene ring substituents is 1. The Balaban J connectivity index is 1.67. The van der Waals surface area contributed by atoms with Gasteiger partial charge in [0, 0.05) is 17.2 Å². The molecule has 0 aliphatic carbocycles. The van der Waals surface area contributed by atoms with Gasteiger partial charge in [-0.05, 0) is 30.3 Å². The van der Waals surface area contributed by atoms with Gasteiger partial charge in [-0.25, -0.2) is 10.2 Å². The normalized spacial score (nSPS) is 10.8. The van der Waals surface area contributed by atoms with Crippen molar-refractivity contribution in [1.82, 2.24) is 5.43 Å². The van der Waals surface area contributed by atoms with Crippen LogP contribution >= 0.6 is 11.6 Å². The van der Waals surface area contributed by atoms with E-state index < -0.39 is 16.8 Å². The number of para-hydroxylation sites is 1. The van der Waals surface area contributed by atoms with Crippen LogP contribution < -0.4 is 5.43 Å². The van der Waals surface area contributed by atoms with Crippen LogP contribution in [0.25, 0.3) is 11.3 Å². The predicted octanol–water partition coefficient (Wildman–Crippen LogP) is 3.90. The fraction of sp³-hybridized carbons (Fsp3) is 0.0500. The third-order valence-electron chi connectivity index (χ3n) is 4.03. The number of carbonyl (C=O) groups excluding carboxylic acids is 1. The Hall–Kier alpha value is -3.98. The molecule has 0 spiro atoms. The summed E-state index contributed by atoms with van der Waals surface area (Å²) in [5, 5.41) is 24.2. The van der Waals surface area contributed by atoms with E-state index in [4.69, 9.17) is 21.1 Å². The number of halogens is 1. The van der Waals surface area contributed by atoms with E-state index in [2.05, 4.69) is 10.5 Å². The van der Waals surface area contributed by atoms with E-state index in [9.17, 15) is 19.7 Å². The van der Waals surface area contributed by atoms with Gasteiger partial charge in [-0.15, -0.1) is 0 Å². The van der Waals surface area contributed by atoms with Crippen LogP contribution in [-0.4, -0.2) is 28.1 Å². The number of nitrogens with zero attached hydrogens (tertiary/aromatic N) is 2. The Kier molecular flexibility index (Phi) is 6.23. The molecule has 9 nitrogen and oxygen atoms in total. The first-order chi connectivity index (χ1) is 14.3. The van der Waals surface area contributed by atoms with Crippen molar-refractivity contribution in [3.05, 3.63) is 86.6 Å². The number of rotatable bonds is 7. The van der Waals surface area contributed by atoms with Gasteiger partial charge < -0.3 is 9.52 Å². The highest BCUT2D eigenvalue weighted by atomic mass is 35.5. The summed E-state index contributed by atoms with van der Waals surface area (Å²) in [6, 6.07) is 13.3. The fourth-order valence-corrected chi connectivity index (χ4v) is 2.84. The minimum absolute atomic E-state index is 0.0586. The van der Waals surface area contributed by atoms with Crippen molar-refractivity contribution in [3.63, 3.8) is 0 Å². The van der Waals surface area contributed by atoms with Crippen molar-refractivity contribution in [3.8, 4) is 11.3 Å². The van der Waals surface area contributed by atoms with Gasteiger partial charge in [-0.2, -0.15) is 5.10 Å². The quantitative estimate of drug-likeness (QED) is 0.333. The Labute approximate surface area is 174 Å². The van der Waals surface area contributed by atoms with E-state index in [0.717, 1.165) is 0 Å². The Bertz CT molecular complexity index is 1150. The van der Waals surface area contributed by atoms with Crippen LogP contribution in [0, 0.1) is 10.1 Å². The predicted molar refractivity (Wildman–Crippen MR) is 109 cm³/mol. The number of nitro groups is 1. The van der Waals surface area contributed by atoms with Crippen LogP contribution in [0.3, 0.4) is 0 Å². The van der Waals surface area contributed by atoms with Crippen LogP contribution in [0.1, 0.15) is 21.7 Å². The first-order valence-corrected chi connectivity index (χ1v) is 8.90. The van der Waals surface area contributed by atoms with E-state index in [-0.39, 0.29) is 29.0 Å². The third-order valence-corrected chi connectivity index (χ3v) is 4.36. The SMILES string of the molecule is O=C(Cc1ccccc1[N+](=O)[O-])N/N=C/c1ccc(-c2cc(C(=O)O)ccc2Cl)o1. The molecular formula is C20H14ClN3O6. The zero-order chi connectivity index (χ0) is 21.7. The summed E-state index contributed by atoms with van der Waals surface area (Å²) in [7, 11) is 0. The number of carboxylic acids is 1. The molecule has 152 valence electrons. The Morgan fingerprint density at radius 1 is 1.20 bits per heavy atom. The van der Waals surface area contributed by atoms with Crippen molar-refractivity contribution in [2.24, 2.45) is 5.10 Å². The van der Waals surface area contributed by atoms with Crippen LogP contribution in [-0.2, 0) is 11.2 Å². The number of nitrogens with one attached hydrogen (secondary N) is 1. The van der Waals surface area contributed by atoms with Gasteiger partial charge in [0.25, 0.3) is 5.69 Å². The van der Waals surface area contributed by atoms with Gasteiger partial charge in [0.15, 0.2) is 0 Å². The maximum absolute atomic E-state index is 12.0. The highest BCUT2D eigenvalue weighted by Crippen LogP contribution is 2.30. The van der Waals surface area contributed by atoms with Crippen LogP contribution in [0.15, 0.2) is 64.1 Å². The first-order valence-electron chi connectivity index (χ1n) is 8.52. The standard InChI is InChI=1S/C20H14ClN3O6/c21-16-7-5-13(20(26)27)9-15(16)18-8-6-14(30-18)11-22-23-19(25)10-12-3-1-2-4-17(12)24(28)29/h1-9,11H,10H2,(H,23,25)(H,26,27)/b22-11+. The number of hydrogen-bond acceptors (Lipinski definition) is 6. The molecule has 0 saturated heterocycles. The van der Waals surface area contributed by atoms with E-state index in [0.29, 0.717) is 16.3 Å². The van der Waals surface area contributed by atoms with Crippen LogP contribution in [0.4, 0.5) is 5.69 Å². The summed E-state index contributed by atoms with van der Waals surface area (Å²) in [5.74, 6) is -1.02. The topological polar surface area (TPSA) is 135 Å². The average molecular weight is 428 g/mol. The molecule has 0 saturated carbocycles. The molecule has 0 fully saturated rings. The molecule has 0 radical (unpaired) electrons. The zero-order valence-corrected chi connectivity index (χ0v) is 16.0. The number of carbonyl (C=O) groups is 2. The lowest BCUT2D eigenvalue weighted by molar-refractivity contribution is -0.385. The van der Waals surface area contributed by atoms with Crippen LogP contribution in [0.2, 0.25) is 5.02 Å². The van der Waals surface area contributed by atoms with Gasteiger partial charge in [0.1, 0.15) is 11.5 Å². The molecule has 1 amide bonds. The lowest BCUT2D eigenvalue weighted by Crippen LogP contribution is -2.20. The molecule has 30 heavy (non-hydrogen) atoms. The largest absolute Gasteiger partial charge is 0.478 e. The molecular weight excluding hydrogens is 414 g/mol. The Morgan fingerprint density at radius 2 is 1.97 bits per heavy atom. The van der Waals surface area contributed by atoms with Gasteiger partial charge in [-0.3, -0.25) is 14.9 Å². The van der Waals surface area contributed by atoms with Gasteiger partial charge in [-0.1, -0.05) is 29.8 Å². The molecule has 2 N–H and O–H groups in total. The van der Waals surface area contributed by atoms with Crippen molar-refractivity contribution in [2.75, 3.05) is 0 Å². The summed E-state index contributed by atoms with van der Waals surface area (Å²) < 4.78 is 5.57. The zero-order valence-electron chi connectivity index (χ0n) is 15.2. The fourth-order valence-electron chi connectivity index (χ4n) is 2.63. The van der Waals surface area contributed by atoms with Gasteiger partial charge in [0.2, 0.25) is 5.91 Å². The van der Waals surface area contributed by atoms with Gasteiger partial charge in [0.05, 0.1) is 28.1 Å². The molecule has 0 unspecified atom stereocenters. The molecule has 1 aromatic heterocycles. The smallest absolute Gasteiger partial charge is 0.335 e. The van der Waals surface area contributed by atoms with Crippen molar-refractivity contribution in [2.45, 2.75) is 6.42 Å². The molecule has 0 bridgehead atoms. The highest BCUT2D eigenvalue weighted by molar-refractivity contribution is 6.33. The number of hydrogen-bond donors (Lipinski definition) is 2. The maximum atomic E-state index is 12.0. The van der Waals surface area contributed by atoms with Gasteiger partial charge >= 0.3 is 5.97 Å². The number of benzene rings is 2. The molecule has 2 aromatic carbocycles. The molecule has 3 rings (SSSR count). The second-order valence-electron chi connectivity index (χ2n) is 6.06. The average Bonchev–Trinajstić information content (AvgIpc) is 3.17. The number of carboxylic acid groups (broad SMARTS) is 1. The minimum atomic E-state index is -1.09. The van der Waals surface area contributed by atoms with Crippen LogP contribution in [0.5, 0.6) is 0 Å². The number of hydrazone groups is 1. The Morgan fingerprint density at radius 3 is 2.70 bits per heavy atom. The third kappa shape index (κ3) is 4.89. The summed E-state index contributed by atoms with van der Waals surface area (Å²) >= 11 is 6.11. The molecule has 0 aliphatic rings. The monoisotopic (exact) mass is 427 g/mol. The minimum Gasteiger partial charge on any atom is -0.478 e. The first kappa shape index (κ1) is 20.7. The van der Waals surface area contributed by atoms with E-state index >= 15 is 0 Å². The molecule has 10 heteroatoms. The lowest BCUT2D eigenvalue weighted by atomic mass is 10.1. The number of amides is 1. The van der Waals surface area contributed by atoms with E-state index in [1.807, 2.05) is 0 Å². The molecule has 3 aromatic rings. The number of furan rings is 1. The molecule has 0 aliphatic heterocycles. The van der Waals surface area contributed by atoms with Crippen molar-refractivity contribution in [1.29, 1.82) is 0 Å². The summed E-state index contributed by atoms with van der Waals surface area (Å²) in [6.45, 7) is 0.